The van der Waals surface area contributed by atoms with E-state index in [1.165, 1.54) is 18.4 Å². The summed E-state index contributed by atoms with van der Waals surface area (Å²) in [7, 11) is 0. The monoisotopic (exact) mass is 267 g/mol. The van der Waals surface area contributed by atoms with E-state index < -0.39 is 0 Å². The third-order valence-corrected chi connectivity index (χ3v) is 3.82. The summed E-state index contributed by atoms with van der Waals surface area (Å²) in [6.07, 6.45) is 2.44. The molecule has 82 valence electrons. The minimum atomic E-state index is 0.132. The van der Waals surface area contributed by atoms with Crippen LogP contribution in [-0.2, 0) is 5.54 Å². The van der Waals surface area contributed by atoms with E-state index in [9.17, 15) is 0 Å². The van der Waals surface area contributed by atoms with Crippen LogP contribution in [0.25, 0.3) is 0 Å². The van der Waals surface area contributed by atoms with Gasteiger partial charge in [-0.05, 0) is 51.3 Å². The van der Waals surface area contributed by atoms with Crippen LogP contribution < -0.4 is 5.32 Å². The van der Waals surface area contributed by atoms with Crippen molar-refractivity contribution in [3.05, 3.63) is 34.3 Å². The Morgan fingerprint density at radius 1 is 1.20 bits per heavy atom. The molecule has 1 aliphatic rings. The Bertz CT molecular complexity index is 373. The van der Waals surface area contributed by atoms with Crippen molar-refractivity contribution in [3.63, 3.8) is 0 Å². The molecule has 0 aromatic heterocycles. The van der Waals surface area contributed by atoms with Crippen molar-refractivity contribution in [2.45, 2.75) is 44.7 Å². The molecule has 0 saturated carbocycles. The standard InChI is InChI=1S/C13H18BrN/c1-12(2)7-8-13(3,15-12)10-5-4-6-11(14)9-10/h4-6,9,15H,7-8H2,1-3H3. The molecule has 1 heterocycles. The van der Waals surface area contributed by atoms with Crippen molar-refractivity contribution in [2.75, 3.05) is 0 Å². The van der Waals surface area contributed by atoms with Gasteiger partial charge in [0.2, 0.25) is 0 Å². The van der Waals surface area contributed by atoms with Gasteiger partial charge in [-0.1, -0.05) is 28.1 Å². The van der Waals surface area contributed by atoms with Gasteiger partial charge in [-0.3, -0.25) is 0 Å². The summed E-state index contributed by atoms with van der Waals surface area (Å²) >= 11 is 3.53. The number of hydrogen-bond acceptors (Lipinski definition) is 1. The predicted molar refractivity (Wildman–Crippen MR) is 67.9 cm³/mol. The van der Waals surface area contributed by atoms with Crippen molar-refractivity contribution < 1.29 is 0 Å². The van der Waals surface area contributed by atoms with E-state index in [2.05, 4.69) is 66.3 Å². The molecule has 1 N–H and O–H groups in total. The summed E-state index contributed by atoms with van der Waals surface area (Å²) in [6.45, 7) is 6.84. The Morgan fingerprint density at radius 3 is 2.47 bits per heavy atom. The van der Waals surface area contributed by atoms with E-state index in [1.807, 2.05) is 0 Å². The molecule has 1 unspecified atom stereocenters. The highest BCUT2D eigenvalue weighted by molar-refractivity contribution is 9.10. The van der Waals surface area contributed by atoms with Crippen molar-refractivity contribution >= 4 is 15.9 Å². The molecule has 1 aliphatic heterocycles. The molecule has 2 rings (SSSR count). The summed E-state index contributed by atoms with van der Waals surface area (Å²) in [5.74, 6) is 0. The summed E-state index contributed by atoms with van der Waals surface area (Å²) < 4.78 is 1.16. The lowest BCUT2D eigenvalue weighted by Gasteiger charge is -2.29. The van der Waals surface area contributed by atoms with Gasteiger partial charge in [-0.25, -0.2) is 0 Å². The molecular formula is C13H18BrN. The topological polar surface area (TPSA) is 12.0 Å². The molecule has 1 saturated heterocycles. The lowest BCUT2D eigenvalue weighted by molar-refractivity contribution is 0.353. The molecule has 0 amide bonds. The Balaban J connectivity index is 2.31. The molecule has 1 aromatic carbocycles. The summed E-state index contributed by atoms with van der Waals surface area (Å²) in [5, 5.41) is 3.73. The lowest BCUT2D eigenvalue weighted by atomic mass is 9.91. The highest BCUT2D eigenvalue weighted by Gasteiger charge is 2.39. The normalized spacial score (nSPS) is 29.3. The molecule has 0 radical (unpaired) electrons. The molecule has 0 aliphatic carbocycles. The molecule has 0 spiro atoms. The van der Waals surface area contributed by atoms with Crippen LogP contribution in [0.1, 0.15) is 39.2 Å². The SMILES string of the molecule is CC1(C)CCC(C)(c2cccc(Br)c2)N1. The van der Waals surface area contributed by atoms with E-state index in [-0.39, 0.29) is 11.1 Å². The molecule has 15 heavy (non-hydrogen) atoms. The van der Waals surface area contributed by atoms with Crippen molar-refractivity contribution in [3.8, 4) is 0 Å². The van der Waals surface area contributed by atoms with Crippen LogP contribution in [0.2, 0.25) is 0 Å². The second-order valence-electron chi connectivity index (χ2n) is 5.35. The van der Waals surface area contributed by atoms with Gasteiger partial charge >= 0.3 is 0 Å². The minimum Gasteiger partial charge on any atom is -0.303 e. The summed E-state index contributed by atoms with van der Waals surface area (Å²) in [6, 6.07) is 8.61. The maximum absolute atomic E-state index is 3.73. The molecule has 1 nitrogen and oxygen atoms in total. The minimum absolute atomic E-state index is 0.132. The fourth-order valence-corrected chi connectivity index (χ4v) is 2.88. The molecular weight excluding hydrogens is 250 g/mol. The van der Waals surface area contributed by atoms with Crippen LogP contribution in [0.3, 0.4) is 0 Å². The zero-order chi connectivity index (χ0) is 11.1. The van der Waals surface area contributed by atoms with Crippen LogP contribution in [0.5, 0.6) is 0 Å². The molecule has 0 bridgehead atoms. The van der Waals surface area contributed by atoms with Gasteiger partial charge in [0.25, 0.3) is 0 Å². The summed E-state index contributed by atoms with van der Waals surface area (Å²) in [4.78, 5) is 0. The second-order valence-corrected chi connectivity index (χ2v) is 6.27. The predicted octanol–water partition coefficient (Wildman–Crippen LogP) is 3.83. The van der Waals surface area contributed by atoms with Gasteiger partial charge in [0.1, 0.15) is 0 Å². The van der Waals surface area contributed by atoms with E-state index >= 15 is 0 Å². The number of rotatable bonds is 1. The first-order chi connectivity index (χ1) is 6.91. The number of hydrogen-bond donors (Lipinski definition) is 1. The number of nitrogens with one attached hydrogen (secondary N) is 1. The van der Waals surface area contributed by atoms with Gasteiger partial charge in [-0.2, -0.15) is 0 Å². The van der Waals surface area contributed by atoms with Crippen LogP contribution in [0.4, 0.5) is 0 Å². The van der Waals surface area contributed by atoms with E-state index in [1.54, 1.807) is 0 Å². The Kier molecular flexibility index (Phi) is 2.68. The van der Waals surface area contributed by atoms with Gasteiger partial charge in [0.05, 0.1) is 0 Å². The van der Waals surface area contributed by atoms with Gasteiger partial charge in [0.15, 0.2) is 0 Å². The van der Waals surface area contributed by atoms with Gasteiger partial charge in [-0.15, -0.1) is 0 Å². The van der Waals surface area contributed by atoms with E-state index in [0.717, 1.165) is 4.47 Å². The highest BCUT2D eigenvalue weighted by Crippen LogP contribution is 2.38. The maximum Gasteiger partial charge on any atom is 0.0411 e. The van der Waals surface area contributed by atoms with E-state index in [4.69, 9.17) is 0 Å². The van der Waals surface area contributed by atoms with Crippen molar-refractivity contribution in [1.29, 1.82) is 0 Å². The van der Waals surface area contributed by atoms with Crippen molar-refractivity contribution in [2.24, 2.45) is 0 Å². The van der Waals surface area contributed by atoms with Crippen LogP contribution in [-0.4, -0.2) is 5.54 Å². The molecule has 1 atom stereocenters. The van der Waals surface area contributed by atoms with Gasteiger partial charge < -0.3 is 5.32 Å². The number of benzene rings is 1. The first-order valence-corrected chi connectivity index (χ1v) is 6.26. The van der Waals surface area contributed by atoms with Gasteiger partial charge in [0, 0.05) is 15.6 Å². The molecule has 2 heteroatoms. The third kappa shape index (κ3) is 2.26. The Hall–Kier alpha value is -0.340. The highest BCUT2D eigenvalue weighted by atomic mass is 79.9. The summed E-state index contributed by atoms with van der Waals surface area (Å²) in [5.41, 5.74) is 1.77. The smallest absolute Gasteiger partial charge is 0.0411 e. The Labute approximate surface area is 100 Å². The zero-order valence-corrected chi connectivity index (χ0v) is 11.2. The fraction of sp³-hybridized carbons (Fsp3) is 0.538. The van der Waals surface area contributed by atoms with Crippen LogP contribution in [0, 0.1) is 0 Å². The van der Waals surface area contributed by atoms with Crippen molar-refractivity contribution in [1.82, 2.24) is 5.32 Å². The number of halogens is 1. The van der Waals surface area contributed by atoms with E-state index in [0.29, 0.717) is 0 Å². The van der Waals surface area contributed by atoms with Crippen LogP contribution in [0.15, 0.2) is 28.7 Å². The second kappa shape index (κ2) is 3.60. The quantitative estimate of drug-likeness (QED) is 0.816. The largest absolute Gasteiger partial charge is 0.303 e. The van der Waals surface area contributed by atoms with Crippen LogP contribution >= 0.6 is 15.9 Å². The Morgan fingerprint density at radius 2 is 1.93 bits per heavy atom. The average Bonchev–Trinajstić information content (AvgIpc) is 2.42. The fourth-order valence-electron chi connectivity index (χ4n) is 2.48. The maximum atomic E-state index is 3.73. The average molecular weight is 268 g/mol. The zero-order valence-electron chi connectivity index (χ0n) is 9.60. The molecule has 1 aromatic rings. The first kappa shape index (κ1) is 11.2. The third-order valence-electron chi connectivity index (χ3n) is 3.33. The first-order valence-electron chi connectivity index (χ1n) is 5.47. The molecule has 1 fully saturated rings. The lowest BCUT2D eigenvalue weighted by Crippen LogP contribution is -2.43.